The zero-order chi connectivity index (χ0) is 10.1. The van der Waals surface area contributed by atoms with Crippen molar-refractivity contribution in [2.24, 2.45) is 0 Å². The SMILES string of the molecule is C=S(C)(=O)c1ccc(C)c(C=O)c1. The predicted molar refractivity (Wildman–Crippen MR) is 56.0 cm³/mol. The molecule has 0 aromatic heterocycles. The van der Waals surface area contributed by atoms with Crippen molar-refractivity contribution < 1.29 is 9.00 Å². The van der Waals surface area contributed by atoms with Gasteiger partial charge in [-0.05, 0) is 40.0 Å². The Balaban J connectivity index is 3.38. The van der Waals surface area contributed by atoms with E-state index in [0.29, 0.717) is 10.5 Å². The average molecular weight is 196 g/mol. The maximum absolute atomic E-state index is 11.5. The molecule has 0 N–H and O–H groups in total. The fourth-order valence-corrected chi connectivity index (χ4v) is 1.75. The molecule has 1 aromatic rings. The predicted octanol–water partition coefficient (Wildman–Crippen LogP) is 1.51. The zero-order valence-corrected chi connectivity index (χ0v) is 8.56. The van der Waals surface area contributed by atoms with Crippen molar-refractivity contribution in [1.29, 1.82) is 0 Å². The highest BCUT2D eigenvalue weighted by Crippen LogP contribution is 2.13. The highest BCUT2D eigenvalue weighted by atomic mass is 32.2. The second-order valence-electron chi connectivity index (χ2n) is 3.14. The summed E-state index contributed by atoms with van der Waals surface area (Å²) < 4.78 is 11.5. The van der Waals surface area contributed by atoms with E-state index in [9.17, 15) is 9.00 Å². The van der Waals surface area contributed by atoms with E-state index in [-0.39, 0.29) is 0 Å². The van der Waals surface area contributed by atoms with Crippen molar-refractivity contribution in [3.63, 3.8) is 0 Å². The third-order valence-corrected chi connectivity index (χ3v) is 3.13. The first kappa shape index (κ1) is 9.99. The molecule has 0 saturated heterocycles. The molecule has 0 fully saturated rings. The van der Waals surface area contributed by atoms with Crippen LogP contribution in [0.1, 0.15) is 15.9 Å². The minimum atomic E-state index is -2.21. The summed E-state index contributed by atoms with van der Waals surface area (Å²) in [6, 6.07) is 5.17. The van der Waals surface area contributed by atoms with E-state index in [0.717, 1.165) is 11.8 Å². The molecule has 1 rings (SSSR count). The van der Waals surface area contributed by atoms with Crippen LogP contribution >= 0.6 is 0 Å². The largest absolute Gasteiger partial charge is 0.298 e. The molecule has 3 heteroatoms. The van der Waals surface area contributed by atoms with Crippen molar-refractivity contribution in [3.8, 4) is 0 Å². The molecule has 2 nitrogen and oxygen atoms in total. The highest BCUT2D eigenvalue weighted by Gasteiger charge is 2.03. The monoisotopic (exact) mass is 196 g/mol. The molecule has 0 saturated carbocycles. The van der Waals surface area contributed by atoms with Crippen LogP contribution < -0.4 is 0 Å². The van der Waals surface area contributed by atoms with Crippen LogP contribution in [0.5, 0.6) is 0 Å². The molecular formula is C10H12O2S. The average Bonchev–Trinajstić information content (AvgIpc) is 2.03. The Labute approximate surface area is 78.6 Å². The molecule has 0 radical (unpaired) electrons. The number of aryl methyl sites for hydroxylation is 1. The van der Waals surface area contributed by atoms with Gasteiger partial charge in [0.1, 0.15) is 6.29 Å². The fourth-order valence-electron chi connectivity index (χ4n) is 1.01. The second-order valence-corrected chi connectivity index (χ2v) is 5.62. The first-order valence-electron chi connectivity index (χ1n) is 3.83. The lowest BCUT2D eigenvalue weighted by atomic mass is 10.1. The smallest absolute Gasteiger partial charge is 0.150 e. The lowest BCUT2D eigenvalue weighted by molar-refractivity contribution is 0.112. The quantitative estimate of drug-likeness (QED) is 0.531. The summed E-state index contributed by atoms with van der Waals surface area (Å²) in [6.07, 6.45) is 2.33. The molecular weight excluding hydrogens is 184 g/mol. The van der Waals surface area contributed by atoms with Gasteiger partial charge in [0.25, 0.3) is 0 Å². The van der Waals surface area contributed by atoms with Gasteiger partial charge in [0, 0.05) is 16.7 Å². The van der Waals surface area contributed by atoms with Crippen LogP contribution in [0.3, 0.4) is 0 Å². The van der Waals surface area contributed by atoms with Crippen molar-refractivity contribution in [2.45, 2.75) is 11.8 Å². The molecule has 1 atom stereocenters. The van der Waals surface area contributed by atoms with Crippen LogP contribution in [-0.4, -0.2) is 22.6 Å². The van der Waals surface area contributed by atoms with Crippen LogP contribution in [0, 0.1) is 6.92 Å². The van der Waals surface area contributed by atoms with E-state index in [1.165, 1.54) is 0 Å². The van der Waals surface area contributed by atoms with E-state index < -0.39 is 9.52 Å². The molecule has 0 aliphatic rings. The summed E-state index contributed by atoms with van der Waals surface area (Å²) in [6.45, 7) is 1.84. The Morgan fingerprint density at radius 3 is 2.54 bits per heavy atom. The van der Waals surface area contributed by atoms with E-state index in [1.807, 2.05) is 6.92 Å². The van der Waals surface area contributed by atoms with Crippen molar-refractivity contribution in [3.05, 3.63) is 29.3 Å². The Bertz CT molecular complexity index is 430. The topological polar surface area (TPSA) is 34.1 Å². The number of aldehydes is 1. The number of carbonyl (C=O) groups is 1. The van der Waals surface area contributed by atoms with Gasteiger partial charge in [0.2, 0.25) is 0 Å². The van der Waals surface area contributed by atoms with Gasteiger partial charge in [0.15, 0.2) is 0 Å². The van der Waals surface area contributed by atoms with Crippen LogP contribution in [-0.2, 0) is 9.52 Å². The van der Waals surface area contributed by atoms with Gasteiger partial charge < -0.3 is 0 Å². The zero-order valence-electron chi connectivity index (χ0n) is 7.74. The van der Waals surface area contributed by atoms with E-state index in [1.54, 1.807) is 24.5 Å². The first-order chi connectivity index (χ1) is 5.95. The molecule has 0 heterocycles. The maximum atomic E-state index is 11.5. The third kappa shape index (κ3) is 2.18. The molecule has 0 bridgehead atoms. The number of hydrogen-bond donors (Lipinski definition) is 0. The van der Waals surface area contributed by atoms with Crippen LogP contribution in [0.25, 0.3) is 0 Å². The summed E-state index contributed by atoms with van der Waals surface area (Å²) in [5.74, 6) is 3.56. The molecule has 1 unspecified atom stereocenters. The molecule has 0 aliphatic heterocycles. The van der Waals surface area contributed by atoms with Crippen LogP contribution in [0.2, 0.25) is 0 Å². The van der Waals surface area contributed by atoms with Crippen LogP contribution in [0.4, 0.5) is 0 Å². The lowest BCUT2D eigenvalue weighted by Gasteiger charge is -2.04. The van der Waals surface area contributed by atoms with E-state index >= 15 is 0 Å². The van der Waals surface area contributed by atoms with Crippen molar-refractivity contribution in [1.82, 2.24) is 0 Å². The molecule has 70 valence electrons. The Morgan fingerprint density at radius 2 is 2.08 bits per heavy atom. The second kappa shape index (κ2) is 3.34. The number of carbonyl (C=O) groups excluding carboxylic acids is 1. The summed E-state index contributed by atoms with van der Waals surface area (Å²) in [4.78, 5) is 11.2. The van der Waals surface area contributed by atoms with E-state index in [4.69, 9.17) is 0 Å². The van der Waals surface area contributed by atoms with Gasteiger partial charge in [-0.2, -0.15) is 0 Å². The lowest BCUT2D eigenvalue weighted by Crippen LogP contribution is -1.98. The van der Waals surface area contributed by atoms with Crippen LogP contribution in [0.15, 0.2) is 23.1 Å². The number of rotatable bonds is 2. The number of benzene rings is 1. The van der Waals surface area contributed by atoms with E-state index in [2.05, 4.69) is 5.87 Å². The van der Waals surface area contributed by atoms with Gasteiger partial charge in [-0.1, -0.05) is 6.07 Å². The standard InChI is InChI=1S/C10H12O2S/c1-8-4-5-10(13(2,3)12)6-9(8)7-11/h4-7H,2H2,1,3H3. The molecule has 0 spiro atoms. The van der Waals surface area contributed by atoms with Crippen molar-refractivity contribution >= 4 is 21.7 Å². The first-order valence-corrected chi connectivity index (χ1v) is 5.97. The molecule has 13 heavy (non-hydrogen) atoms. The molecule has 0 aliphatic carbocycles. The normalized spacial score (nSPS) is 14.9. The summed E-state index contributed by atoms with van der Waals surface area (Å²) in [5, 5.41) is 0. The molecule has 0 amide bonds. The number of hydrogen-bond acceptors (Lipinski definition) is 2. The van der Waals surface area contributed by atoms with Gasteiger partial charge >= 0.3 is 0 Å². The van der Waals surface area contributed by atoms with Gasteiger partial charge in [-0.15, -0.1) is 0 Å². The summed E-state index contributed by atoms with van der Waals surface area (Å²) >= 11 is 0. The van der Waals surface area contributed by atoms with Gasteiger partial charge in [-0.25, -0.2) is 0 Å². The van der Waals surface area contributed by atoms with Gasteiger partial charge in [-0.3, -0.25) is 9.00 Å². The summed E-state index contributed by atoms with van der Waals surface area (Å²) in [5.41, 5.74) is 1.47. The Morgan fingerprint density at radius 1 is 1.46 bits per heavy atom. The third-order valence-electron chi connectivity index (χ3n) is 1.88. The Hall–Kier alpha value is -1.09. The minimum Gasteiger partial charge on any atom is -0.298 e. The Kier molecular flexibility index (Phi) is 2.57. The summed E-state index contributed by atoms with van der Waals surface area (Å²) in [7, 11) is -2.21. The minimum absolute atomic E-state index is 0.579. The van der Waals surface area contributed by atoms with Gasteiger partial charge in [0.05, 0.1) is 0 Å². The van der Waals surface area contributed by atoms with Crippen molar-refractivity contribution in [2.75, 3.05) is 6.26 Å². The molecule has 1 aromatic carbocycles. The maximum Gasteiger partial charge on any atom is 0.150 e. The fraction of sp³-hybridized carbons (Fsp3) is 0.200. The highest BCUT2D eigenvalue weighted by molar-refractivity contribution is 7.99.